The van der Waals surface area contributed by atoms with Gasteiger partial charge in [0.15, 0.2) is 11.2 Å². The number of benzene rings is 1. The Morgan fingerprint density at radius 1 is 1.11 bits per heavy atom. The van der Waals surface area contributed by atoms with Gasteiger partial charge in [-0.2, -0.15) is 0 Å². The van der Waals surface area contributed by atoms with Crippen LogP contribution in [-0.4, -0.2) is 90.7 Å². The summed E-state index contributed by atoms with van der Waals surface area (Å²) in [6, 6.07) is 3.55. The molecular weight excluding hydrogens is 498 g/mol. The molecule has 1 aromatic heterocycles. The fourth-order valence-electron chi connectivity index (χ4n) is 4.23. The first kappa shape index (κ1) is 29.2. The number of hydrogen-bond donors (Lipinski definition) is 8. The molecule has 0 saturated carbocycles. The minimum absolute atomic E-state index is 0.112. The molecule has 3 rings (SSSR count). The van der Waals surface area contributed by atoms with E-state index in [0.717, 1.165) is 18.4 Å². The van der Waals surface area contributed by atoms with Gasteiger partial charge in [0.25, 0.3) is 5.56 Å². The van der Waals surface area contributed by atoms with Crippen molar-refractivity contribution < 1.29 is 35.4 Å². The maximum Gasteiger partial charge on any atom is 0.303 e. The highest BCUT2D eigenvalue weighted by atomic mass is 16.4. The van der Waals surface area contributed by atoms with Gasteiger partial charge in [-0.3, -0.25) is 9.59 Å². The molecule has 13 heteroatoms. The number of aliphatic carboxylic acids is 1. The van der Waals surface area contributed by atoms with Gasteiger partial charge in [0.1, 0.15) is 23.8 Å². The topological polar surface area (TPSA) is 212 Å². The normalized spacial score (nSPS) is 15.6. The van der Waals surface area contributed by atoms with Crippen LogP contribution in [0.5, 0.6) is 0 Å². The molecule has 0 radical (unpaired) electrons. The summed E-state index contributed by atoms with van der Waals surface area (Å²) in [6.07, 6.45) is -3.59. The average Bonchev–Trinajstić information content (AvgIpc) is 2.87. The summed E-state index contributed by atoms with van der Waals surface area (Å²) in [6.45, 7) is 5.08. The molecule has 8 N–H and O–H groups in total. The quantitative estimate of drug-likeness (QED) is 0.135. The number of rotatable bonds is 14. The van der Waals surface area contributed by atoms with Crippen molar-refractivity contribution >= 4 is 35.4 Å². The molecule has 0 amide bonds. The van der Waals surface area contributed by atoms with Crippen LogP contribution in [0.3, 0.4) is 0 Å². The summed E-state index contributed by atoms with van der Waals surface area (Å²) in [4.78, 5) is 36.7. The molecule has 1 aromatic carbocycles. The first-order chi connectivity index (χ1) is 18.0. The summed E-state index contributed by atoms with van der Waals surface area (Å²) in [5, 5.41) is 60.8. The standard InChI is InChI=1S/C25H35N5O8/c1-13-9-16-17(10-15(13)26-11-18(32)22(36)23(37)19(33)12-31)30(8-6-4-3-5-7-20(34)35)24-21(29-16)25(38)28-14(2)27-24/h9-10,18-19,22-23,26,31-33,36-37H,2-8,11-12H2,1H3,(H,28,38)(H,34,35). The summed E-state index contributed by atoms with van der Waals surface area (Å²) < 4.78 is 0. The van der Waals surface area contributed by atoms with Crippen LogP contribution >= 0.6 is 0 Å². The average molecular weight is 534 g/mol. The lowest BCUT2D eigenvalue weighted by molar-refractivity contribution is -0.137. The third kappa shape index (κ3) is 6.94. The minimum Gasteiger partial charge on any atom is -0.481 e. The summed E-state index contributed by atoms with van der Waals surface area (Å²) in [5.74, 6) is -0.479. The predicted molar refractivity (Wildman–Crippen MR) is 139 cm³/mol. The number of nitrogens with one attached hydrogen (secondary N) is 2. The number of hydrogen-bond acceptors (Lipinski definition) is 11. The number of H-pyrrole nitrogens is 1. The molecule has 208 valence electrons. The number of aliphatic hydroxyl groups is 5. The largest absolute Gasteiger partial charge is 0.481 e. The van der Waals surface area contributed by atoms with Crippen LogP contribution in [0.1, 0.15) is 37.7 Å². The lowest BCUT2D eigenvalue weighted by Gasteiger charge is -2.29. The van der Waals surface area contributed by atoms with Gasteiger partial charge in [-0.05, 0) is 37.5 Å². The van der Waals surface area contributed by atoms with Crippen LogP contribution in [0, 0.1) is 6.92 Å². The highest BCUT2D eigenvalue weighted by Gasteiger charge is 2.30. The predicted octanol–water partition coefficient (Wildman–Crippen LogP) is -1.23. The number of aliphatic hydroxyl groups excluding tert-OH is 5. The summed E-state index contributed by atoms with van der Waals surface area (Å²) in [7, 11) is 0. The van der Waals surface area contributed by atoms with E-state index >= 15 is 0 Å². The van der Waals surface area contributed by atoms with Gasteiger partial charge in [0.05, 0.1) is 24.1 Å². The van der Waals surface area contributed by atoms with Crippen LogP contribution in [0.4, 0.5) is 22.9 Å². The van der Waals surface area contributed by atoms with Crippen molar-refractivity contribution in [1.82, 2.24) is 9.97 Å². The minimum atomic E-state index is -1.73. The molecule has 1 aliphatic heterocycles. The van der Waals surface area contributed by atoms with E-state index in [9.17, 15) is 30.0 Å². The first-order valence-corrected chi connectivity index (χ1v) is 12.4. The second-order valence-corrected chi connectivity index (χ2v) is 9.34. The zero-order valence-corrected chi connectivity index (χ0v) is 21.2. The summed E-state index contributed by atoms with van der Waals surface area (Å²) >= 11 is 0. The molecule has 0 fully saturated rings. The molecule has 4 unspecified atom stereocenters. The van der Waals surface area contributed by atoms with Crippen molar-refractivity contribution in [3.05, 3.63) is 38.9 Å². The Morgan fingerprint density at radius 2 is 1.79 bits per heavy atom. The zero-order chi connectivity index (χ0) is 28.0. The van der Waals surface area contributed by atoms with E-state index in [1.165, 1.54) is 0 Å². The van der Waals surface area contributed by atoms with Gasteiger partial charge in [0, 0.05) is 25.2 Å². The second-order valence-electron chi connectivity index (χ2n) is 9.34. The zero-order valence-electron chi connectivity index (χ0n) is 21.2. The third-order valence-corrected chi connectivity index (χ3v) is 6.38. The fourth-order valence-corrected chi connectivity index (χ4v) is 4.23. The molecule has 4 atom stereocenters. The number of carboxylic acids is 1. The van der Waals surface area contributed by atoms with Crippen LogP contribution < -0.4 is 26.6 Å². The van der Waals surface area contributed by atoms with Crippen molar-refractivity contribution in [1.29, 1.82) is 0 Å². The number of aromatic nitrogens is 2. The van der Waals surface area contributed by atoms with Gasteiger partial charge in [-0.15, -0.1) is 0 Å². The number of nitrogens with zero attached hydrogens (tertiary/aromatic N) is 3. The summed E-state index contributed by atoms with van der Waals surface area (Å²) in [5.41, 5.74) is 2.29. The second kappa shape index (κ2) is 12.9. The number of carboxylic acid groups (broad SMARTS) is 1. The van der Waals surface area contributed by atoms with Gasteiger partial charge >= 0.3 is 5.97 Å². The van der Waals surface area contributed by atoms with Gasteiger partial charge in [-0.1, -0.05) is 19.4 Å². The van der Waals surface area contributed by atoms with Crippen molar-refractivity contribution in [3.8, 4) is 0 Å². The van der Waals surface area contributed by atoms with Crippen molar-refractivity contribution in [2.75, 3.05) is 29.9 Å². The fraction of sp³-hybridized carbons (Fsp3) is 0.520. The SMILES string of the molecule is C=c1nc2c(c(=O)[nH]1)=Nc1cc(C)c(NCC(O)C(O)C(O)C(O)CO)cc1N2CCCCCCC(=O)O. The molecule has 13 nitrogen and oxygen atoms in total. The lowest BCUT2D eigenvalue weighted by Crippen LogP contribution is -2.48. The van der Waals surface area contributed by atoms with Crippen LogP contribution in [0.2, 0.25) is 0 Å². The van der Waals surface area contributed by atoms with E-state index in [4.69, 9.17) is 10.2 Å². The smallest absolute Gasteiger partial charge is 0.303 e. The van der Waals surface area contributed by atoms with Crippen LogP contribution in [-0.2, 0) is 4.79 Å². The third-order valence-electron chi connectivity index (χ3n) is 6.38. The molecule has 0 aliphatic carbocycles. The van der Waals surface area contributed by atoms with Crippen molar-refractivity contribution in [2.45, 2.75) is 63.4 Å². The van der Waals surface area contributed by atoms with E-state index in [2.05, 4.69) is 26.9 Å². The van der Waals surface area contributed by atoms with Crippen LogP contribution in [0.25, 0.3) is 6.58 Å². The lowest BCUT2D eigenvalue weighted by atomic mass is 10.0. The Hall–Kier alpha value is -3.36. The molecular formula is C25H35N5O8. The first-order valence-electron chi connectivity index (χ1n) is 12.4. The maximum absolute atomic E-state index is 12.6. The molecule has 2 aromatic rings. The Bertz CT molecular complexity index is 1300. The number of unbranched alkanes of at least 4 members (excludes halogenated alkanes) is 3. The number of aromatic amines is 1. The Morgan fingerprint density at radius 3 is 2.47 bits per heavy atom. The van der Waals surface area contributed by atoms with E-state index < -0.39 is 42.6 Å². The van der Waals surface area contributed by atoms with Crippen molar-refractivity contribution in [3.63, 3.8) is 0 Å². The Kier molecular flexibility index (Phi) is 9.94. The van der Waals surface area contributed by atoms with Gasteiger partial charge in [0.2, 0.25) is 0 Å². The Balaban J connectivity index is 1.85. The van der Waals surface area contributed by atoms with Gasteiger partial charge in [-0.25, -0.2) is 9.98 Å². The molecule has 2 heterocycles. The van der Waals surface area contributed by atoms with Crippen LogP contribution in [0.15, 0.2) is 21.9 Å². The molecule has 0 saturated heterocycles. The number of anilines is 3. The van der Waals surface area contributed by atoms with E-state index in [-0.39, 0.29) is 23.8 Å². The molecule has 1 aliphatic rings. The highest BCUT2D eigenvalue weighted by molar-refractivity contribution is 5.80. The highest BCUT2D eigenvalue weighted by Crippen LogP contribution is 2.38. The number of fused-ring (bicyclic) bond motifs is 2. The van der Waals surface area contributed by atoms with Crippen molar-refractivity contribution in [2.24, 2.45) is 4.99 Å². The Labute approximate surface area is 218 Å². The van der Waals surface area contributed by atoms with E-state index in [1.54, 1.807) is 19.1 Å². The van der Waals surface area contributed by atoms with Gasteiger partial charge < -0.3 is 45.8 Å². The molecule has 38 heavy (non-hydrogen) atoms. The van der Waals surface area contributed by atoms with E-state index in [1.807, 2.05) is 4.90 Å². The molecule has 0 spiro atoms. The number of carbonyl (C=O) groups is 1. The number of aryl methyl sites for hydroxylation is 1. The monoisotopic (exact) mass is 533 g/mol. The maximum atomic E-state index is 12.6. The molecule has 0 bridgehead atoms. The van der Waals surface area contributed by atoms with E-state index in [0.29, 0.717) is 42.3 Å².